The first-order valence-corrected chi connectivity index (χ1v) is 10.0. The van der Waals surface area contributed by atoms with Crippen LogP contribution in [0.3, 0.4) is 0 Å². The van der Waals surface area contributed by atoms with Gasteiger partial charge in [0.25, 0.3) is 0 Å². The number of carbonyl (C=O) groups is 4. The predicted octanol–water partition coefficient (Wildman–Crippen LogP) is -3.11. The van der Waals surface area contributed by atoms with E-state index in [1.54, 1.807) is 44.2 Å². The van der Waals surface area contributed by atoms with Crippen molar-refractivity contribution < 1.29 is 34.1 Å². The van der Waals surface area contributed by atoms with Gasteiger partial charge in [0.05, 0.1) is 35.8 Å². The molecule has 1 saturated heterocycles. The van der Waals surface area contributed by atoms with Gasteiger partial charge in [-0.25, -0.2) is 4.79 Å². The molecule has 0 spiro atoms. The second kappa shape index (κ2) is 9.92. The van der Waals surface area contributed by atoms with Gasteiger partial charge in [-0.05, 0) is 19.4 Å². The molecule has 1 fully saturated rings. The van der Waals surface area contributed by atoms with Gasteiger partial charge in [-0.3, -0.25) is 10.1 Å². The fourth-order valence-corrected chi connectivity index (χ4v) is 4.38. The molecule has 1 aromatic rings. The largest absolute Gasteiger partial charge is 0.548 e. The molecule has 1 aromatic carbocycles. The van der Waals surface area contributed by atoms with Crippen molar-refractivity contribution in [1.82, 2.24) is 10.6 Å². The molecular weight excluding hydrogens is 414 g/mol. The zero-order chi connectivity index (χ0) is 22.5. The lowest BCUT2D eigenvalue weighted by molar-refractivity contribution is -0.310. The van der Waals surface area contributed by atoms with Crippen molar-refractivity contribution in [3.8, 4) is 0 Å². The summed E-state index contributed by atoms with van der Waals surface area (Å²) in [4.78, 5) is 47.3. The molecule has 1 heterocycles. The Kier molecular flexibility index (Phi) is 7.82. The Morgan fingerprint density at radius 1 is 1.23 bits per heavy atom. The zero-order valence-corrected chi connectivity index (χ0v) is 17.3. The van der Waals surface area contributed by atoms with E-state index in [9.17, 15) is 29.4 Å². The van der Waals surface area contributed by atoms with E-state index in [0.29, 0.717) is 5.56 Å². The van der Waals surface area contributed by atoms with Crippen molar-refractivity contribution in [3.63, 3.8) is 0 Å². The normalized spacial score (nSPS) is 22.0. The van der Waals surface area contributed by atoms with Crippen molar-refractivity contribution in [1.29, 1.82) is 0 Å². The van der Waals surface area contributed by atoms with Gasteiger partial charge in [0.2, 0.25) is 5.91 Å². The van der Waals surface area contributed by atoms with E-state index < -0.39 is 58.7 Å². The van der Waals surface area contributed by atoms with E-state index in [4.69, 9.17) is 10.5 Å². The van der Waals surface area contributed by atoms with Crippen LogP contribution in [0, 0.1) is 0 Å². The molecule has 0 aliphatic carbocycles. The monoisotopic (exact) mass is 437 g/mol. The molecule has 10 nitrogen and oxygen atoms in total. The van der Waals surface area contributed by atoms with Crippen molar-refractivity contribution in [2.75, 3.05) is 6.61 Å². The maximum Gasteiger partial charge on any atom is 0.331 e. The summed E-state index contributed by atoms with van der Waals surface area (Å²) in [5, 5.41) is 26.6. The minimum Gasteiger partial charge on any atom is -0.548 e. The number of benzene rings is 1. The van der Waals surface area contributed by atoms with Crippen LogP contribution in [0.2, 0.25) is 0 Å². The number of amides is 1. The minimum absolute atomic E-state index is 0.0200. The first-order valence-electron chi connectivity index (χ1n) is 9.12. The number of rotatable bonds is 9. The third-order valence-corrected chi connectivity index (χ3v) is 5.99. The first-order chi connectivity index (χ1) is 14.0. The van der Waals surface area contributed by atoms with Gasteiger partial charge in [0.15, 0.2) is 6.04 Å². The number of carboxylic acids is 2. The number of carboxylic acid groups (broad SMARTS) is 2. The highest BCUT2D eigenvalue weighted by atomic mass is 32.2. The van der Waals surface area contributed by atoms with E-state index in [-0.39, 0.29) is 6.42 Å². The lowest BCUT2D eigenvalue weighted by atomic mass is 10.0. The second-order valence-corrected chi connectivity index (χ2v) is 9.12. The first kappa shape index (κ1) is 23.6. The Balaban J connectivity index is 2.15. The Morgan fingerprint density at radius 3 is 2.40 bits per heavy atom. The van der Waals surface area contributed by atoms with Gasteiger partial charge in [0.1, 0.15) is 6.61 Å². The van der Waals surface area contributed by atoms with Gasteiger partial charge in [0, 0.05) is 4.75 Å². The Hall–Kier alpha value is -2.63. The molecule has 1 aliphatic rings. The highest BCUT2D eigenvalue weighted by Crippen LogP contribution is 2.39. The van der Waals surface area contributed by atoms with Gasteiger partial charge in [-0.1, -0.05) is 30.3 Å². The number of esters is 1. The van der Waals surface area contributed by atoms with Crippen molar-refractivity contribution >= 4 is 35.6 Å². The van der Waals surface area contributed by atoms with Crippen molar-refractivity contribution in [2.45, 2.75) is 48.5 Å². The van der Waals surface area contributed by atoms with E-state index in [2.05, 4.69) is 10.6 Å². The fraction of sp³-hybridized carbons (Fsp3) is 0.474. The number of thioether (sulfide) groups is 1. The van der Waals surface area contributed by atoms with Crippen LogP contribution in [0.15, 0.2) is 30.3 Å². The van der Waals surface area contributed by atoms with Crippen LogP contribution >= 0.6 is 11.8 Å². The zero-order valence-electron chi connectivity index (χ0n) is 16.5. The van der Waals surface area contributed by atoms with Gasteiger partial charge >= 0.3 is 5.97 Å². The summed E-state index contributed by atoms with van der Waals surface area (Å²) in [6.07, 6.45) is -0.0200. The van der Waals surface area contributed by atoms with Crippen LogP contribution in [0.5, 0.6) is 0 Å². The molecule has 164 valence electrons. The number of ether oxygens (including phenoxy) is 1. The Morgan fingerprint density at radius 2 is 1.87 bits per heavy atom. The molecule has 0 saturated carbocycles. The van der Waals surface area contributed by atoms with Gasteiger partial charge < -0.3 is 35.6 Å². The van der Waals surface area contributed by atoms with Crippen LogP contribution in [0.1, 0.15) is 19.4 Å². The molecule has 4 N–H and O–H groups in total. The summed E-state index contributed by atoms with van der Waals surface area (Å²) in [6.45, 7) is 2.66. The molecule has 2 rings (SSSR count). The number of carbonyl (C=O) groups excluding carboxylic acids is 4. The van der Waals surface area contributed by atoms with Crippen LogP contribution in [-0.2, 0) is 30.3 Å². The molecule has 1 aliphatic heterocycles. The fourth-order valence-electron chi connectivity index (χ4n) is 2.90. The topological polar surface area (TPSA) is 174 Å². The average Bonchev–Trinajstić information content (AvgIpc) is 2.99. The molecule has 1 amide bonds. The lowest BCUT2D eigenvalue weighted by Crippen LogP contribution is -2.57. The maximum absolute atomic E-state index is 12.6. The van der Waals surface area contributed by atoms with E-state index in [0.717, 1.165) is 11.8 Å². The second-order valence-electron chi connectivity index (χ2n) is 7.32. The SMILES string of the molecule is CC1(C)S[C@@H]([C@@H](NC(=O)Cc2ccccc2)C(=O)OC[C@@H](N)C(=O)[O-])N[C@H]1C(=O)[O-]. The summed E-state index contributed by atoms with van der Waals surface area (Å²) in [5.74, 6) is -4.40. The summed E-state index contributed by atoms with van der Waals surface area (Å²) in [7, 11) is 0. The van der Waals surface area contributed by atoms with E-state index in [1.807, 2.05) is 0 Å². The van der Waals surface area contributed by atoms with Crippen LogP contribution in [-0.4, -0.2) is 58.7 Å². The highest BCUT2D eigenvalue weighted by molar-refractivity contribution is 8.01. The highest BCUT2D eigenvalue weighted by Gasteiger charge is 2.47. The van der Waals surface area contributed by atoms with Crippen molar-refractivity contribution in [3.05, 3.63) is 35.9 Å². The van der Waals surface area contributed by atoms with Gasteiger partial charge in [-0.2, -0.15) is 0 Å². The molecule has 0 bridgehead atoms. The summed E-state index contributed by atoms with van der Waals surface area (Å²) < 4.78 is 4.10. The molecule has 30 heavy (non-hydrogen) atoms. The van der Waals surface area contributed by atoms with Crippen LogP contribution in [0.4, 0.5) is 0 Å². The van der Waals surface area contributed by atoms with Crippen molar-refractivity contribution in [2.24, 2.45) is 5.73 Å². The molecule has 4 atom stereocenters. The Bertz CT molecular complexity index is 803. The van der Waals surface area contributed by atoms with E-state index in [1.165, 1.54) is 0 Å². The third-order valence-electron chi connectivity index (χ3n) is 4.48. The number of hydrogen-bond donors (Lipinski definition) is 3. The lowest BCUT2D eigenvalue weighted by Gasteiger charge is -2.25. The Labute approximate surface area is 177 Å². The number of hydrogen-bond acceptors (Lipinski definition) is 10. The van der Waals surface area contributed by atoms with Gasteiger partial charge in [-0.15, -0.1) is 11.8 Å². The molecule has 0 aromatic heterocycles. The summed E-state index contributed by atoms with van der Waals surface area (Å²) >= 11 is 1.12. The molecule has 0 radical (unpaired) electrons. The molecule has 0 unspecified atom stereocenters. The molecule has 11 heteroatoms. The average molecular weight is 437 g/mol. The standard InChI is InChI=1S/C19H25N3O7S/c1-19(2)14(17(26)27)22-15(30-19)13(18(28)29-9-11(20)16(24)25)21-12(23)8-10-6-4-3-5-7-10/h3-7,11,13-15,22H,8-9,20H2,1-2H3,(H,21,23)(H,24,25)(H,26,27)/p-2/t11-,13-,14+,15+/m1/s1. The number of aliphatic carboxylic acids is 2. The van der Waals surface area contributed by atoms with Crippen LogP contribution < -0.4 is 26.6 Å². The number of nitrogens with two attached hydrogens (primary N) is 1. The number of nitrogens with one attached hydrogen (secondary N) is 2. The maximum atomic E-state index is 12.6. The summed E-state index contributed by atoms with van der Waals surface area (Å²) in [5.41, 5.74) is 6.00. The third kappa shape index (κ3) is 6.18. The van der Waals surface area contributed by atoms with Crippen LogP contribution in [0.25, 0.3) is 0 Å². The predicted molar refractivity (Wildman–Crippen MR) is 103 cm³/mol. The smallest absolute Gasteiger partial charge is 0.331 e. The van der Waals surface area contributed by atoms with E-state index >= 15 is 0 Å². The molecular formula is C19H23N3O7S-2. The summed E-state index contributed by atoms with van der Waals surface area (Å²) in [6, 6.07) is 4.89. The quantitative estimate of drug-likeness (QED) is 0.336. The minimum atomic E-state index is -1.60.